The van der Waals surface area contributed by atoms with E-state index in [1.165, 1.54) is 0 Å². The molecule has 30 heavy (non-hydrogen) atoms. The van der Waals surface area contributed by atoms with Crippen molar-refractivity contribution in [3.8, 4) is 0 Å². The lowest BCUT2D eigenvalue weighted by Gasteiger charge is -2.23. The first-order valence-corrected chi connectivity index (χ1v) is 10.8. The summed E-state index contributed by atoms with van der Waals surface area (Å²) in [7, 11) is 0. The second kappa shape index (κ2) is 9.43. The Labute approximate surface area is 185 Å². The molecule has 0 aliphatic carbocycles. The Kier molecular flexibility index (Phi) is 6.92. The molecule has 3 rings (SSSR count). The molecular weight excluding hydrogens is 446 g/mol. The highest BCUT2D eigenvalue weighted by Gasteiger charge is 2.26. The van der Waals surface area contributed by atoms with Crippen LogP contribution in [-0.2, 0) is 9.59 Å². The van der Waals surface area contributed by atoms with Gasteiger partial charge in [0, 0.05) is 34.4 Å². The van der Waals surface area contributed by atoms with Crippen molar-refractivity contribution < 1.29 is 14.4 Å². The molecule has 1 unspecified atom stereocenters. The van der Waals surface area contributed by atoms with E-state index in [1.54, 1.807) is 35.2 Å². The predicted molar refractivity (Wildman–Crippen MR) is 122 cm³/mol. The van der Waals surface area contributed by atoms with E-state index in [-0.39, 0.29) is 23.6 Å². The molecule has 7 heteroatoms. The summed E-state index contributed by atoms with van der Waals surface area (Å²) in [5.41, 5.74) is 2.92. The van der Waals surface area contributed by atoms with Crippen LogP contribution in [0.5, 0.6) is 0 Å². The van der Waals surface area contributed by atoms with Crippen LogP contribution in [0.15, 0.2) is 46.9 Å². The van der Waals surface area contributed by atoms with Gasteiger partial charge in [-0.05, 0) is 67.3 Å². The number of hydrogen-bond donors (Lipinski definition) is 2. The van der Waals surface area contributed by atoms with Gasteiger partial charge in [-0.15, -0.1) is 0 Å². The SMILES string of the molecule is Cc1cc(NC(=O)C(NC(=O)c2ccc(Br)cc2)C(C)C)ccc1N1CCCC1=O. The summed E-state index contributed by atoms with van der Waals surface area (Å²) in [5, 5.41) is 5.72. The number of hydrogen-bond acceptors (Lipinski definition) is 3. The van der Waals surface area contributed by atoms with Crippen molar-refractivity contribution in [3.05, 3.63) is 58.1 Å². The molecule has 1 heterocycles. The van der Waals surface area contributed by atoms with E-state index >= 15 is 0 Å². The van der Waals surface area contributed by atoms with Crippen LogP contribution in [0, 0.1) is 12.8 Å². The summed E-state index contributed by atoms with van der Waals surface area (Å²) in [6.07, 6.45) is 1.44. The number of carbonyl (C=O) groups excluding carboxylic acids is 3. The van der Waals surface area contributed by atoms with Crippen LogP contribution in [0.2, 0.25) is 0 Å². The standard InChI is InChI=1S/C23H26BrN3O3/c1-14(2)21(26-22(29)16-6-8-17(24)9-7-16)23(30)25-18-10-11-19(15(3)13-18)27-12-4-5-20(27)28/h6-11,13-14,21H,4-5,12H2,1-3H3,(H,25,30)(H,26,29). The minimum atomic E-state index is -0.679. The summed E-state index contributed by atoms with van der Waals surface area (Å²) in [5.74, 6) is -0.535. The Morgan fingerprint density at radius 2 is 1.80 bits per heavy atom. The zero-order valence-corrected chi connectivity index (χ0v) is 19.0. The molecule has 2 N–H and O–H groups in total. The average molecular weight is 472 g/mol. The second-order valence-corrected chi connectivity index (χ2v) is 8.76. The van der Waals surface area contributed by atoms with E-state index in [4.69, 9.17) is 0 Å². The Hall–Kier alpha value is -2.67. The van der Waals surface area contributed by atoms with Crippen molar-refractivity contribution >= 4 is 45.0 Å². The molecule has 1 atom stereocenters. The summed E-state index contributed by atoms with van der Waals surface area (Å²) in [6.45, 7) is 6.42. The summed E-state index contributed by atoms with van der Waals surface area (Å²) < 4.78 is 0.881. The van der Waals surface area contributed by atoms with Crippen LogP contribution >= 0.6 is 15.9 Å². The number of nitrogens with one attached hydrogen (secondary N) is 2. The van der Waals surface area contributed by atoms with Crippen LogP contribution in [0.1, 0.15) is 42.6 Å². The molecule has 1 aliphatic heterocycles. The molecule has 0 saturated carbocycles. The molecule has 0 bridgehead atoms. The van der Waals surface area contributed by atoms with Gasteiger partial charge in [0.1, 0.15) is 6.04 Å². The highest BCUT2D eigenvalue weighted by atomic mass is 79.9. The van der Waals surface area contributed by atoms with Gasteiger partial charge in [-0.3, -0.25) is 14.4 Å². The fraction of sp³-hybridized carbons (Fsp3) is 0.348. The van der Waals surface area contributed by atoms with Crippen LogP contribution in [0.4, 0.5) is 11.4 Å². The van der Waals surface area contributed by atoms with Gasteiger partial charge in [-0.25, -0.2) is 0 Å². The highest BCUT2D eigenvalue weighted by Crippen LogP contribution is 2.27. The van der Waals surface area contributed by atoms with E-state index < -0.39 is 6.04 Å². The van der Waals surface area contributed by atoms with Gasteiger partial charge >= 0.3 is 0 Å². The third kappa shape index (κ3) is 5.08. The first kappa shape index (κ1) is 22.0. The fourth-order valence-electron chi connectivity index (χ4n) is 3.52. The van der Waals surface area contributed by atoms with Crippen LogP contribution in [-0.4, -0.2) is 30.3 Å². The maximum atomic E-state index is 12.9. The Morgan fingerprint density at radius 1 is 1.10 bits per heavy atom. The largest absolute Gasteiger partial charge is 0.340 e. The first-order valence-electron chi connectivity index (χ1n) is 10.0. The van der Waals surface area contributed by atoms with Crippen molar-refractivity contribution in [1.29, 1.82) is 0 Å². The maximum absolute atomic E-state index is 12.9. The fourth-order valence-corrected chi connectivity index (χ4v) is 3.78. The van der Waals surface area contributed by atoms with Gasteiger partial charge in [0.15, 0.2) is 0 Å². The number of aryl methyl sites for hydroxylation is 1. The van der Waals surface area contributed by atoms with E-state index in [2.05, 4.69) is 26.6 Å². The summed E-state index contributed by atoms with van der Waals surface area (Å²) >= 11 is 3.35. The molecule has 1 aliphatic rings. The van der Waals surface area contributed by atoms with Gasteiger partial charge in [0.2, 0.25) is 11.8 Å². The number of amides is 3. The van der Waals surface area contributed by atoms with Crippen molar-refractivity contribution in [2.24, 2.45) is 5.92 Å². The van der Waals surface area contributed by atoms with Crippen LogP contribution in [0.25, 0.3) is 0 Å². The quantitative estimate of drug-likeness (QED) is 0.659. The molecule has 0 radical (unpaired) electrons. The monoisotopic (exact) mass is 471 g/mol. The third-order valence-electron chi connectivity index (χ3n) is 5.17. The number of halogens is 1. The van der Waals surface area contributed by atoms with Crippen LogP contribution in [0.3, 0.4) is 0 Å². The Morgan fingerprint density at radius 3 is 2.37 bits per heavy atom. The smallest absolute Gasteiger partial charge is 0.251 e. The lowest BCUT2D eigenvalue weighted by molar-refractivity contribution is -0.119. The molecule has 2 aromatic rings. The average Bonchev–Trinajstić information content (AvgIpc) is 3.12. The lowest BCUT2D eigenvalue weighted by atomic mass is 10.0. The zero-order valence-electron chi connectivity index (χ0n) is 17.4. The van der Waals surface area contributed by atoms with Crippen molar-refractivity contribution in [2.75, 3.05) is 16.8 Å². The molecule has 158 valence electrons. The molecule has 1 saturated heterocycles. The lowest BCUT2D eigenvalue weighted by Crippen LogP contribution is -2.47. The molecule has 0 spiro atoms. The number of benzene rings is 2. The molecule has 3 amide bonds. The number of anilines is 2. The Bertz CT molecular complexity index is 957. The number of carbonyl (C=O) groups is 3. The number of rotatable bonds is 6. The maximum Gasteiger partial charge on any atom is 0.251 e. The van der Waals surface area contributed by atoms with E-state index in [0.717, 1.165) is 28.7 Å². The van der Waals surface area contributed by atoms with Gasteiger partial charge in [0.25, 0.3) is 5.91 Å². The molecular formula is C23H26BrN3O3. The third-order valence-corrected chi connectivity index (χ3v) is 5.70. The summed E-state index contributed by atoms with van der Waals surface area (Å²) in [4.78, 5) is 39.2. The summed E-state index contributed by atoms with van der Waals surface area (Å²) in [6, 6.07) is 11.8. The van der Waals surface area contributed by atoms with E-state index in [0.29, 0.717) is 17.7 Å². The predicted octanol–water partition coefficient (Wildman–Crippen LogP) is 4.28. The topological polar surface area (TPSA) is 78.5 Å². The zero-order chi connectivity index (χ0) is 21.8. The van der Waals surface area contributed by atoms with E-state index in [9.17, 15) is 14.4 Å². The van der Waals surface area contributed by atoms with Gasteiger partial charge in [-0.1, -0.05) is 29.8 Å². The van der Waals surface area contributed by atoms with Crippen molar-refractivity contribution in [1.82, 2.24) is 5.32 Å². The molecule has 2 aromatic carbocycles. The van der Waals surface area contributed by atoms with Gasteiger partial charge in [-0.2, -0.15) is 0 Å². The Balaban J connectivity index is 1.70. The second-order valence-electron chi connectivity index (χ2n) is 7.84. The number of nitrogens with zero attached hydrogens (tertiary/aromatic N) is 1. The van der Waals surface area contributed by atoms with Gasteiger partial charge in [0.05, 0.1) is 0 Å². The normalized spacial score (nSPS) is 14.7. The van der Waals surface area contributed by atoms with E-state index in [1.807, 2.05) is 32.9 Å². The van der Waals surface area contributed by atoms with Crippen molar-refractivity contribution in [2.45, 2.75) is 39.7 Å². The minimum Gasteiger partial charge on any atom is -0.340 e. The highest BCUT2D eigenvalue weighted by molar-refractivity contribution is 9.10. The van der Waals surface area contributed by atoms with Crippen LogP contribution < -0.4 is 15.5 Å². The first-order chi connectivity index (χ1) is 14.3. The molecule has 1 fully saturated rings. The van der Waals surface area contributed by atoms with Gasteiger partial charge < -0.3 is 15.5 Å². The van der Waals surface area contributed by atoms with Crippen molar-refractivity contribution in [3.63, 3.8) is 0 Å². The molecule has 0 aromatic heterocycles. The molecule has 6 nitrogen and oxygen atoms in total. The minimum absolute atomic E-state index is 0.0908.